The maximum Gasteiger partial charge on any atom is 0.261 e. The van der Waals surface area contributed by atoms with Crippen molar-refractivity contribution in [2.24, 2.45) is 0 Å². The Morgan fingerprint density at radius 2 is 1.91 bits per heavy atom. The highest BCUT2D eigenvalue weighted by molar-refractivity contribution is 7.89. The Kier molecular flexibility index (Phi) is 4.59. The first-order valence-corrected chi connectivity index (χ1v) is 9.48. The molecule has 1 aromatic carbocycles. The van der Waals surface area contributed by atoms with Gasteiger partial charge in [0.05, 0.1) is 4.90 Å². The van der Waals surface area contributed by atoms with Gasteiger partial charge in [0.1, 0.15) is 5.75 Å². The molecule has 6 nitrogen and oxygen atoms in total. The van der Waals surface area contributed by atoms with Gasteiger partial charge in [-0.05, 0) is 36.6 Å². The summed E-state index contributed by atoms with van der Waals surface area (Å²) >= 11 is 0. The van der Waals surface area contributed by atoms with E-state index in [1.165, 1.54) is 0 Å². The van der Waals surface area contributed by atoms with Crippen LogP contribution in [-0.2, 0) is 21.2 Å². The second-order valence-electron chi connectivity index (χ2n) is 6.01. The normalized spacial score (nSPS) is 22.0. The summed E-state index contributed by atoms with van der Waals surface area (Å²) in [7, 11) is -1.91. The van der Waals surface area contributed by atoms with Crippen LogP contribution in [0.15, 0.2) is 23.1 Å². The first kappa shape index (κ1) is 16.3. The fourth-order valence-electron chi connectivity index (χ4n) is 3.12. The minimum atomic E-state index is -3.47. The van der Waals surface area contributed by atoms with E-state index in [4.69, 9.17) is 4.74 Å². The van der Waals surface area contributed by atoms with Crippen molar-refractivity contribution >= 4 is 15.9 Å². The average Bonchev–Trinajstić information content (AvgIpc) is 2.77. The summed E-state index contributed by atoms with van der Waals surface area (Å²) in [5.41, 5.74) is 0.773. The third-order valence-electron chi connectivity index (χ3n) is 4.45. The largest absolute Gasteiger partial charge is 0.480 e. The predicted molar refractivity (Wildman–Crippen MR) is 85.9 cm³/mol. The van der Waals surface area contributed by atoms with Gasteiger partial charge in [-0.15, -0.1) is 0 Å². The Bertz CT molecular complexity index is 694. The number of nitrogens with one attached hydrogen (secondary N) is 1. The number of carbonyl (C=O) groups excluding carboxylic acids is 1. The van der Waals surface area contributed by atoms with Crippen LogP contribution < -0.4 is 10.1 Å². The number of carbonyl (C=O) groups is 1. The Morgan fingerprint density at radius 3 is 2.57 bits per heavy atom. The molecule has 0 aromatic heterocycles. The second kappa shape index (κ2) is 6.49. The number of sulfonamides is 1. The van der Waals surface area contributed by atoms with E-state index < -0.39 is 16.1 Å². The van der Waals surface area contributed by atoms with E-state index in [9.17, 15) is 13.2 Å². The molecule has 126 valence electrons. The van der Waals surface area contributed by atoms with E-state index in [0.717, 1.165) is 31.2 Å². The fraction of sp³-hybridized carbons (Fsp3) is 0.562. The van der Waals surface area contributed by atoms with Crippen LogP contribution in [0.1, 0.15) is 31.2 Å². The van der Waals surface area contributed by atoms with Crippen LogP contribution in [0, 0.1) is 0 Å². The van der Waals surface area contributed by atoms with Crippen molar-refractivity contribution in [3.05, 3.63) is 23.8 Å². The average molecular weight is 338 g/mol. The number of fused-ring (bicyclic) bond motifs is 1. The molecule has 23 heavy (non-hydrogen) atoms. The predicted octanol–water partition coefficient (Wildman–Crippen LogP) is 1.30. The van der Waals surface area contributed by atoms with E-state index in [2.05, 4.69) is 5.32 Å². The number of likely N-dealkylation sites (N-methyl/N-ethyl adjacent to an activating group) is 1. The fourth-order valence-corrected chi connectivity index (χ4v) is 4.69. The SMILES string of the molecule is CNC(=O)C1Cc2cc(S(=O)(=O)N3CCCCCC3)ccc2O1. The van der Waals surface area contributed by atoms with E-state index in [1.807, 2.05) is 0 Å². The summed E-state index contributed by atoms with van der Waals surface area (Å²) in [6.45, 7) is 1.16. The molecule has 1 aromatic rings. The maximum absolute atomic E-state index is 12.8. The lowest BCUT2D eigenvalue weighted by atomic mass is 10.1. The third kappa shape index (κ3) is 3.21. The zero-order chi connectivity index (χ0) is 16.4. The molecule has 0 bridgehead atoms. The Hall–Kier alpha value is -1.60. The lowest BCUT2D eigenvalue weighted by Crippen LogP contribution is -2.34. The first-order valence-electron chi connectivity index (χ1n) is 8.03. The van der Waals surface area contributed by atoms with Crippen molar-refractivity contribution in [3.8, 4) is 5.75 Å². The molecule has 0 saturated carbocycles. The molecule has 0 aliphatic carbocycles. The lowest BCUT2D eigenvalue weighted by Gasteiger charge is -2.20. The number of benzene rings is 1. The maximum atomic E-state index is 12.8. The number of hydrogen-bond acceptors (Lipinski definition) is 4. The van der Waals surface area contributed by atoms with Crippen molar-refractivity contribution in [3.63, 3.8) is 0 Å². The molecular weight excluding hydrogens is 316 g/mol. The second-order valence-corrected chi connectivity index (χ2v) is 7.95. The molecule has 2 aliphatic heterocycles. The van der Waals surface area contributed by atoms with Gasteiger partial charge in [-0.3, -0.25) is 4.79 Å². The monoisotopic (exact) mass is 338 g/mol. The topological polar surface area (TPSA) is 75.7 Å². The van der Waals surface area contributed by atoms with Gasteiger partial charge in [0.15, 0.2) is 6.10 Å². The lowest BCUT2D eigenvalue weighted by molar-refractivity contribution is -0.126. The molecule has 7 heteroatoms. The van der Waals surface area contributed by atoms with Crippen LogP contribution in [0.5, 0.6) is 5.75 Å². The van der Waals surface area contributed by atoms with Gasteiger partial charge in [-0.2, -0.15) is 4.31 Å². The van der Waals surface area contributed by atoms with Crippen LogP contribution >= 0.6 is 0 Å². The summed E-state index contributed by atoms with van der Waals surface area (Å²) in [4.78, 5) is 12.0. The third-order valence-corrected chi connectivity index (χ3v) is 6.34. The highest BCUT2D eigenvalue weighted by Crippen LogP contribution is 2.32. The molecule has 1 fully saturated rings. The van der Waals surface area contributed by atoms with Gasteiger partial charge in [0.2, 0.25) is 10.0 Å². The van der Waals surface area contributed by atoms with Crippen LogP contribution in [0.25, 0.3) is 0 Å². The zero-order valence-corrected chi connectivity index (χ0v) is 14.1. The number of amides is 1. The number of nitrogens with zero attached hydrogens (tertiary/aromatic N) is 1. The molecule has 1 saturated heterocycles. The quantitative estimate of drug-likeness (QED) is 0.901. The standard InChI is InChI=1S/C16H22N2O4S/c1-17-16(19)15-11-12-10-13(6-7-14(12)22-15)23(20,21)18-8-4-2-3-5-9-18/h6-7,10,15H,2-5,8-9,11H2,1H3,(H,17,19). The molecule has 0 radical (unpaired) electrons. The number of hydrogen-bond donors (Lipinski definition) is 1. The van der Waals surface area contributed by atoms with Crippen molar-refractivity contribution in [1.29, 1.82) is 0 Å². The molecule has 2 aliphatic rings. The van der Waals surface area contributed by atoms with Crippen LogP contribution in [0.3, 0.4) is 0 Å². The smallest absolute Gasteiger partial charge is 0.261 e. The number of rotatable bonds is 3. The molecule has 1 N–H and O–H groups in total. The summed E-state index contributed by atoms with van der Waals surface area (Å²) < 4.78 is 32.8. The zero-order valence-electron chi connectivity index (χ0n) is 13.2. The van der Waals surface area contributed by atoms with Crippen LogP contribution in [0.2, 0.25) is 0 Å². The Morgan fingerprint density at radius 1 is 1.22 bits per heavy atom. The molecular formula is C16H22N2O4S. The van der Waals surface area contributed by atoms with E-state index in [-0.39, 0.29) is 5.91 Å². The molecule has 0 spiro atoms. The molecule has 1 atom stereocenters. The molecule has 1 amide bonds. The van der Waals surface area contributed by atoms with Gasteiger partial charge in [0.25, 0.3) is 5.91 Å². The van der Waals surface area contributed by atoms with Crippen LogP contribution in [0.4, 0.5) is 0 Å². The van der Waals surface area contributed by atoms with Gasteiger partial charge in [-0.25, -0.2) is 8.42 Å². The Labute approximate surface area is 136 Å². The van der Waals surface area contributed by atoms with Crippen LogP contribution in [-0.4, -0.2) is 44.9 Å². The van der Waals surface area contributed by atoms with Gasteiger partial charge in [0, 0.05) is 26.6 Å². The molecule has 2 heterocycles. The summed E-state index contributed by atoms with van der Waals surface area (Å²) in [6.07, 6.45) is 3.80. The van der Waals surface area contributed by atoms with Crippen molar-refractivity contribution in [2.75, 3.05) is 20.1 Å². The molecule has 3 rings (SSSR count). The molecule has 1 unspecified atom stereocenters. The summed E-state index contributed by atoms with van der Waals surface area (Å²) in [6, 6.07) is 4.88. The minimum absolute atomic E-state index is 0.196. The highest BCUT2D eigenvalue weighted by atomic mass is 32.2. The van der Waals surface area contributed by atoms with Gasteiger partial charge >= 0.3 is 0 Å². The van der Waals surface area contributed by atoms with E-state index in [0.29, 0.717) is 30.2 Å². The first-order chi connectivity index (χ1) is 11.0. The summed E-state index contributed by atoms with van der Waals surface area (Å²) in [5, 5.41) is 2.55. The highest BCUT2D eigenvalue weighted by Gasteiger charge is 2.31. The van der Waals surface area contributed by atoms with Crippen molar-refractivity contribution in [2.45, 2.75) is 43.1 Å². The number of ether oxygens (including phenoxy) is 1. The van der Waals surface area contributed by atoms with Crippen molar-refractivity contribution in [1.82, 2.24) is 9.62 Å². The Balaban J connectivity index is 1.84. The summed E-state index contributed by atoms with van der Waals surface area (Å²) in [5.74, 6) is 0.395. The van der Waals surface area contributed by atoms with Crippen molar-refractivity contribution < 1.29 is 17.9 Å². The van der Waals surface area contributed by atoms with E-state index in [1.54, 1.807) is 29.6 Å². The van der Waals surface area contributed by atoms with Gasteiger partial charge < -0.3 is 10.1 Å². The van der Waals surface area contributed by atoms with E-state index >= 15 is 0 Å². The minimum Gasteiger partial charge on any atom is -0.480 e. The van der Waals surface area contributed by atoms with Gasteiger partial charge in [-0.1, -0.05) is 12.8 Å².